The standard InChI is InChI=1S/C17H16ClFN4O2/c1-17(2,25)8-21-16-11-7-20-4-3-10(11)15(22-23-16)14-12(19)5-9(18)6-13(14)24/h3-7,24-25H,8H2,1-2H3,(H,21,23). The molecule has 0 aliphatic rings. The van der Waals surface area contributed by atoms with Crippen molar-refractivity contribution in [3.05, 3.63) is 41.4 Å². The number of hydrogen-bond acceptors (Lipinski definition) is 6. The maximum absolute atomic E-state index is 14.4. The van der Waals surface area contributed by atoms with Crippen molar-refractivity contribution >= 4 is 28.2 Å². The van der Waals surface area contributed by atoms with Gasteiger partial charge in [-0.15, -0.1) is 10.2 Å². The van der Waals surface area contributed by atoms with Gasteiger partial charge in [0.05, 0.1) is 11.2 Å². The molecule has 0 atom stereocenters. The van der Waals surface area contributed by atoms with Crippen LogP contribution in [0.2, 0.25) is 5.02 Å². The number of halogens is 2. The lowest BCUT2D eigenvalue weighted by Crippen LogP contribution is -2.29. The fourth-order valence-corrected chi connectivity index (χ4v) is 2.61. The number of benzene rings is 1. The molecular formula is C17H16ClFN4O2. The number of phenolic OH excluding ortho intramolecular Hbond substituents is 1. The van der Waals surface area contributed by atoms with Gasteiger partial charge in [0.15, 0.2) is 5.82 Å². The number of nitrogens with zero attached hydrogens (tertiary/aromatic N) is 3. The lowest BCUT2D eigenvalue weighted by Gasteiger charge is -2.19. The molecule has 25 heavy (non-hydrogen) atoms. The summed E-state index contributed by atoms with van der Waals surface area (Å²) in [6.07, 6.45) is 3.10. The highest BCUT2D eigenvalue weighted by Gasteiger charge is 2.20. The van der Waals surface area contributed by atoms with Crippen molar-refractivity contribution in [1.82, 2.24) is 15.2 Å². The summed E-state index contributed by atoms with van der Waals surface area (Å²) in [7, 11) is 0. The van der Waals surface area contributed by atoms with Gasteiger partial charge in [0.25, 0.3) is 0 Å². The second-order valence-electron chi connectivity index (χ2n) is 6.27. The number of hydrogen-bond donors (Lipinski definition) is 3. The van der Waals surface area contributed by atoms with Gasteiger partial charge in [-0.2, -0.15) is 0 Å². The van der Waals surface area contributed by atoms with E-state index in [9.17, 15) is 14.6 Å². The maximum atomic E-state index is 14.4. The number of aromatic hydroxyl groups is 1. The Kier molecular flexibility index (Phi) is 4.45. The minimum Gasteiger partial charge on any atom is -0.507 e. The molecule has 0 aliphatic heterocycles. The topological polar surface area (TPSA) is 91.2 Å². The molecule has 2 aromatic heterocycles. The first kappa shape index (κ1) is 17.3. The van der Waals surface area contributed by atoms with E-state index in [1.54, 1.807) is 26.1 Å². The zero-order chi connectivity index (χ0) is 18.2. The number of aliphatic hydroxyl groups is 1. The molecule has 3 aromatic rings. The molecule has 0 bridgehead atoms. The Hall–Kier alpha value is -2.51. The van der Waals surface area contributed by atoms with Gasteiger partial charge in [0.2, 0.25) is 0 Å². The molecule has 3 N–H and O–H groups in total. The molecule has 0 spiro atoms. The number of pyridine rings is 1. The van der Waals surface area contributed by atoms with Crippen molar-refractivity contribution in [2.75, 3.05) is 11.9 Å². The lowest BCUT2D eigenvalue weighted by atomic mass is 10.0. The number of phenols is 1. The summed E-state index contributed by atoms with van der Waals surface area (Å²) in [4.78, 5) is 4.06. The van der Waals surface area contributed by atoms with Crippen LogP contribution in [0.3, 0.4) is 0 Å². The van der Waals surface area contributed by atoms with E-state index in [0.29, 0.717) is 16.6 Å². The van der Waals surface area contributed by atoms with Crippen LogP contribution in [0.15, 0.2) is 30.6 Å². The monoisotopic (exact) mass is 362 g/mol. The van der Waals surface area contributed by atoms with Gasteiger partial charge < -0.3 is 15.5 Å². The highest BCUT2D eigenvalue weighted by molar-refractivity contribution is 6.30. The summed E-state index contributed by atoms with van der Waals surface area (Å²) < 4.78 is 14.4. The maximum Gasteiger partial charge on any atom is 0.158 e. The van der Waals surface area contributed by atoms with Crippen LogP contribution >= 0.6 is 11.6 Å². The van der Waals surface area contributed by atoms with Crippen molar-refractivity contribution < 1.29 is 14.6 Å². The van der Waals surface area contributed by atoms with Gasteiger partial charge in [-0.25, -0.2) is 4.39 Å². The van der Waals surface area contributed by atoms with E-state index in [-0.39, 0.29) is 28.6 Å². The predicted molar refractivity (Wildman–Crippen MR) is 94.2 cm³/mol. The van der Waals surface area contributed by atoms with Crippen LogP contribution in [0.1, 0.15) is 13.8 Å². The average molecular weight is 363 g/mol. The SMILES string of the molecule is CC(C)(O)CNc1nnc(-c2c(O)cc(Cl)cc2F)c2ccncc12. The first-order chi connectivity index (χ1) is 11.8. The number of aromatic nitrogens is 3. The Morgan fingerprint density at radius 1 is 1.24 bits per heavy atom. The molecule has 130 valence electrons. The Balaban J connectivity index is 2.17. The highest BCUT2D eigenvalue weighted by Crippen LogP contribution is 2.37. The molecular weight excluding hydrogens is 347 g/mol. The zero-order valence-corrected chi connectivity index (χ0v) is 14.3. The van der Waals surface area contributed by atoms with E-state index < -0.39 is 11.4 Å². The van der Waals surface area contributed by atoms with Crippen LogP contribution in [0.25, 0.3) is 22.0 Å². The number of rotatable bonds is 4. The van der Waals surface area contributed by atoms with Crippen molar-refractivity contribution in [2.24, 2.45) is 0 Å². The van der Waals surface area contributed by atoms with Crippen LogP contribution < -0.4 is 5.32 Å². The van der Waals surface area contributed by atoms with Gasteiger partial charge in [-0.05, 0) is 32.0 Å². The number of fused-ring (bicyclic) bond motifs is 1. The Morgan fingerprint density at radius 2 is 2.00 bits per heavy atom. The van der Waals surface area contributed by atoms with Crippen LogP contribution in [0.5, 0.6) is 5.75 Å². The molecule has 0 unspecified atom stereocenters. The summed E-state index contributed by atoms with van der Waals surface area (Å²) in [5.41, 5.74) is -0.852. The molecule has 0 saturated heterocycles. The third-order valence-corrected chi connectivity index (χ3v) is 3.76. The molecule has 0 fully saturated rings. The summed E-state index contributed by atoms with van der Waals surface area (Å²) >= 11 is 5.76. The van der Waals surface area contributed by atoms with E-state index >= 15 is 0 Å². The van der Waals surface area contributed by atoms with Crippen molar-refractivity contribution in [1.29, 1.82) is 0 Å². The Bertz CT molecular complexity index is 921. The van der Waals surface area contributed by atoms with Gasteiger partial charge in [0, 0.05) is 34.7 Å². The van der Waals surface area contributed by atoms with Gasteiger partial charge in [-0.1, -0.05) is 11.6 Å². The van der Waals surface area contributed by atoms with Gasteiger partial charge in [0.1, 0.15) is 17.3 Å². The summed E-state index contributed by atoms with van der Waals surface area (Å²) in [6.45, 7) is 3.55. The number of nitrogens with one attached hydrogen (secondary N) is 1. The largest absolute Gasteiger partial charge is 0.507 e. The van der Waals surface area contributed by atoms with E-state index in [1.165, 1.54) is 12.3 Å². The average Bonchev–Trinajstić information content (AvgIpc) is 2.52. The molecule has 1 aromatic carbocycles. The van der Waals surface area contributed by atoms with Crippen molar-refractivity contribution in [2.45, 2.75) is 19.4 Å². The minimum atomic E-state index is -0.949. The summed E-state index contributed by atoms with van der Waals surface area (Å²) in [5.74, 6) is -0.618. The van der Waals surface area contributed by atoms with Crippen LogP contribution in [0, 0.1) is 5.82 Å². The highest BCUT2D eigenvalue weighted by atomic mass is 35.5. The minimum absolute atomic E-state index is 0.0814. The molecule has 0 amide bonds. The second kappa shape index (κ2) is 6.42. The van der Waals surface area contributed by atoms with Crippen molar-refractivity contribution in [3.63, 3.8) is 0 Å². The Morgan fingerprint density at radius 3 is 2.68 bits per heavy atom. The quantitative estimate of drug-likeness (QED) is 0.659. The fraction of sp³-hybridized carbons (Fsp3) is 0.235. The summed E-state index contributed by atoms with van der Waals surface area (Å²) in [5, 5.41) is 32.3. The third-order valence-electron chi connectivity index (χ3n) is 3.54. The second-order valence-corrected chi connectivity index (χ2v) is 6.70. The van der Waals surface area contributed by atoms with Gasteiger partial charge in [-0.3, -0.25) is 4.98 Å². The number of anilines is 1. The molecule has 0 saturated carbocycles. The smallest absolute Gasteiger partial charge is 0.158 e. The van der Waals surface area contributed by atoms with E-state index in [1.807, 2.05) is 0 Å². The molecule has 2 heterocycles. The molecule has 8 heteroatoms. The lowest BCUT2D eigenvalue weighted by molar-refractivity contribution is 0.0944. The molecule has 0 aliphatic carbocycles. The van der Waals surface area contributed by atoms with Crippen LogP contribution in [-0.2, 0) is 0 Å². The first-order valence-electron chi connectivity index (χ1n) is 7.51. The first-order valence-corrected chi connectivity index (χ1v) is 7.89. The van der Waals surface area contributed by atoms with E-state index in [2.05, 4.69) is 20.5 Å². The van der Waals surface area contributed by atoms with E-state index in [4.69, 9.17) is 11.6 Å². The predicted octanol–water partition coefficient (Wildman–Crippen LogP) is 3.37. The molecule has 3 rings (SSSR count). The Labute approximate surface area is 148 Å². The molecule has 0 radical (unpaired) electrons. The van der Waals surface area contributed by atoms with Crippen LogP contribution in [-0.4, -0.2) is 37.5 Å². The zero-order valence-electron chi connectivity index (χ0n) is 13.6. The summed E-state index contributed by atoms with van der Waals surface area (Å²) in [6, 6.07) is 4.00. The van der Waals surface area contributed by atoms with E-state index in [0.717, 1.165) is 6.07 Å². The third kappa shape index (κ3) is 3.62. The fourth-order valence-electron chi connectivity index (χ4n) is 2.41. The van der Waals surface area contributed by atoms with Crippen LogP contribution in [0.4, 0.5) is 10.2 Å². The van der Waals surface area contributed by atoms with Gasteiger partial charge >= 0.3 is 0 Å². The van der Waals surface area contributed by atoms with Crippen molar-refractivity contribution in [3.8, 4) is 17.0 Å². The molecule has 6 nitrogen and oxygen atoms in total. The normalized spacial score (nSPS) is 11.7.